The van der Waals surface area contributed by atoms with Crippen molar-refractivity contribution in [1.29, 1.82) is 0 Å². The number of rotatable bonds is 5. The van der Waals surface area contributed by atoms with Crippen molar-refractivity contribution in [3.63, 3.8) is 0 Å². The zero-order valence-electron chi connectivity index (χ0n) is 14.4. The van der Waals surface area contributed by atoms with Gasteiger partial charge in [0.05, 0.1) is 11.3 Å². The Morgan fingerprint density at radius 3 is 2.31 bits per heavy atom. The molecule has 0 aliphatic heterocycles. The molecule has 3 N–H and O–H groups in total. The Kier molecular flexibility index (Phi) is 6.26. The second-order valence-electron chi connectivity index (χ2n) is 5.41. The molecule has 136 valence electrons. The van der Waals surface area contributed by atoms with Crippen molar-refractivity contribution < 1.29 is 23.9 Å². The number of esters is 1. The monoisotopic (exact) mass is 357 g/mol. The van der Waals surface area contributed by atoms with E-state index >= 15 is 0 Å². The Balaban J connectivity index is 2.16. The van der Waals surface area contributed by atoms with Gasteiger partial charge in [0.2, 0.25) is 5.91 Å². The predicted molar refractivity (Wildman–Crippen MR) is 95.7 cm³/mol. The molecule has 8 heteroatoms. The molecule has 0 saturated carbocycles. The first-order valence-electron chi connectivity index (χ1n) is 7.96. The van der Waals surface area contributed by atoms with Gasteiger partial charge < -0.3 is 15.4 Å². The zero-order chi connectivity index (χ0) is 19.1. The molecule has 4 amide bonds. The maximum Gasteiger partial charge on any atom is 0.340 e. The van der Waals surface area contributed by atoms with Crippen LogP contribution in [0.15, 0.2) is 36.4 Å². The van der Waals surface area contributed by atoms with Crippen molar-refractivity contribution in [2.45, 2.75) is 13.8 Å². The van der Waals surface area contributed by atoms with Crippen molar-refractivity contribution in [3.05, 3.63) is 42.0 Å². The van der Waals surface area contributed by atoms with Gasteiger partial charge in [-0.25, -0.2) is 9.59 Å². The molecule has 0 fully saturated rings. The molecule has 0 unspecified atom stereocenters. The van der Waals surface area contributed by atoms with Crippen molar-refractivity contribution in [1.82, 2.24) is 10.6 Å². The molecule has 0 radical (unpaired) electrons. The Bertz CT molecular complexity index is 863. The van der Waals surface area contributed by atoms with E-state index in [9.17, 15) is 19.2 Å². The number of anilines is 1. The summed E-state index contributed by atoms with van der Waals surface area (Å²) in [5, 5.41) is 8.61. The minimum absolute atomic E-state index is 0.115. The molecule has 0 bridgehead atoms. The molecule has 0 saturated heterocycles. The van der Waals surface area contributed by atoms with E-state index in [1.165, 1.54) is 6.92 Å². The lowest BCUT2D eigenvalue weighted by molar-refractivity contribution is -0.123. The summed E-state index contributed by atoms with van der Waals surface area (Å²) in [6.07, 6.45) is 0. The molecule has 0 atom stereocenters. The number of urea groups is 1. The summed E-state index contributed by atoms with van der Waals surface area (Å²) in [6, 6.07) is 9.87. The quantitative estimate of drug-likeness (QED) is 0.706. The summed E-state index contributed by atoms with van der Waals surface area (Å²) in [5.41, 5.74) is 0.398. The standard InChI is InChI=1S/C18H19N3O5/c1-3-19-18(25)21-16(23)10-26-17(24)14-8-12-6-4-5-7-13(12)9-15(14)20-11(2)22/h4-9H,3,10H2,1-2H3,(H,20,22)(H2,19,21,23,25). The van der Waals surface area contributed by atoms with E-state index in [4.69, 9.17) is 4.74 Å². The third kappa shape index (κ3) is 5.04. The highest BCUT2D eigenvalue weighted by molar-refractivity contribution is 6.06. The van der Waals surface area contributed by atoms with Crippen molar-refractivity contribution in [3.8, 4) is 0 Å². The predicted octanol–water partition coefficient (Wildman–Crippen LogP) is 1.80. The average molecular weight is 357 g/mol. The van der Waals surface area contributed by atoms with Crippen LogP contribution >= 0.6 is 0 Å². The molecule has 0 aromatic heterocycles. The lowest BCUT2D eigenvalue weighted by Gasteiger charge is -2.12. The van der Waals surface area contributed by atoms with Crippen LogP contribution in [0.5, 0.6) is 0 Å². The van der Waals surface area contributed by atoms with Crippen molar-refractivity contribution in [2.75, 3.05) is 18.5 Å². The number of ether oxygens (including phenoxy) is 1. The summed E-state index contributed by atoms with van der Waals surface area (Å²) >= 11 is 0. The molecule has 2 rings (SSSR count). The van der Waals surface area contributed by atoms with E-state index < -0.39 is 24.5 Å². The third-order valence-electron chi connectivity index (χ3n) is 3.34. The van der Waals surface area contributed by atoms with Gasteiger partial charge in [-0.2, -0.15) is 0 Å². The molecule has 26 heavy (non-hydrogen) atoms. The molecule has 0 aliphatic carbocycles. The normalized spacial score (nSPS) is 10.1. The largest absolute Gasteiger partial charge is 0.452 e. The topological polar surface area (TPSA) is 114 Å². The minimum atomic E-state index is -0.787. The van der Waals surface area contributed by atoms with E-state index in [0.717, 1.165) is 10.8 Å². The molecule has 2 aromatic rings. The van der Waals surface area contributed by atoms with Gasteiger partial charge in [0, 0.05) is 13.5 Å². The molecule has 8 nitrogen and oxygen atoms in total. The number of nitrogens with one attached hydrogen (secondary N) is 3. The number of benzene rings is 2. The van der Waals surface area contributed by atoms with Gasteiger partial charge in [-0.05, 0) is 29.8 Å². The van der Waals surface area contributed by atoms with Crippen LogP contribution in [0.4, 0.5) is 10.5 Å². The Morgan fingerprint density at radius 2 is 1.69 bits per heavy atom. The second-order valence-corrected chi connectivity index (χ2v) is 5.41. The highest BCUT2D eigenvalue weighted by atomic mass is 16.5. The summed E-state index contributed by atoms with van der Waals surface area (Å²) < 4.78 is 4.96. The molecule has 0 aliphatic rings. The van der Waals surface area contributed by atoms with E-state index in [1.54, 1.807) is 19.1 Å². The maximum atomic E-state index is 12.4. The molecule has 0 spiro atoms. The van der Waals surface area contributed by atoms with Gasteiger partial charge in [-0.3, -0.25) is 14.9 Å². The molecular weight excluding hydrogens is 338 g/mol. The Morgan fingerprint density at radius 1 is 1.04 bits per heavy atom. The lowest BCUT2D eigenvalue weighted by atomic mass is 10.0. The second kappa shape index (κ2) is 8.61. The summed E-state index contributed by atoms with van der Waals surface area (Å²) in [6.45, 7) is 2.76. The maximum absolute atomic E-state index is 12.4. The number of fused-ring (bicyclic) bond motifs is 1. The van der Waals surface area contributed by atoms with Gasteiger partial charge in [-0.15, -0.1) is 0 Å². The lowest BCUT2D eigenvalue weighted by Crippen LogP contribution is -2.41. The number of carbonyl (C=O) groups is 4. The molecule has 0 heterocycles. The van der Waals surface area contributed by atoms with E-state index in [2.05, 4.69) is 10.6 Å². The number of imide groups is 1. The summed E-state index contributed by atoms with van der Waals surface area (Å²) in [4.78, 5) is 46.6. The number of carbonyl (C=O) groups excluding carboxylic acids is 4. The van der Waals surface area contributed by atoms with Gasteiger partial charge in [0.15, 0.2) is 6.61 Å². The Hall–Kier alpha value is -3.42. The first kappa shape index (κ1) is 18.9. The summed E-state index contributed by atoms with van der Waals surface area (Å²) in [7, 11) is 0. The Labute approximate surface area is 149 Å². The van der Waals surface area contributed by atoms with Gasteiger partial charge in [-0.1, -0.05) is 24.3 Å². The van der Waals surface area contributed by atoms with Gasteiger partial charge >= 0.3 is 12.0 Å². The first-order chi connectivity index (χ1) is 12.4. The summed E-state index contributed by atoms with van der Waals surface area (Å²) in [5.74, 6) is -1.89. The fraction of sp³-hybridized carbons (Fsp3) is 0.222. The molecular formula is C18H19N3O5. The van der Waals surface area contributed by atoms with Crippen molar-refractivity contribution in [2.24, 2.45) is 0 Å². The van der Waals surface area contributed by atoms with Gasteiger partial charge in [0.25, 0.3) is 5.91 Å². The highest BCUT2D eigenvalue weighted by Gasteiger charge is 2.17. The zero-order valence-corrected chi connectivity index (χ0v) is 14.4. The SMILES string of the molecule is CCNC(=O)NC(=O)COC(=O)c1cc2ccccc2cc1NC(C)=O. The van der Waals surface area contributed by atoms with Crippen LogP contribution in [0.25, 0.3) is 10.8 Å². The smallest absolute Gasteiger partial charge is 0.340 e. The first-order valence-corrected chi connectivity index (χ1v) is 7.96. The molecule has 2 aromatic carbocycles. The van der Waals surface area contributed by atoms with E-state index in [-0.39, 0.29) is 17.2 Å². The van der Waals surface area contributed by atoms with Crippen LogP contribution < -0.4 is 16.0 Å². The fourth-order valence-electron chi connectivity index (χ4n) is 2.28. The number of hydrogen-bond acceptors (Lipinski definition) is 5. The number of amides is 4. The van der Waals surface area contributed by atoms with Crippen molar-refractivity contribution >= 4 is 40.3 Å². The van der Waals surface area contributed by atoms with Crippen LogP contribution in [-0.2, 0) is 14.3 Å². The van der Waals surface area contributed by atoms with E-state index in [0.29, 0.717) is 6.54 Å². The number of hydrogen-bond donors (Lipinski definition) is 3. The highest BCUT2D eigenvalue weighted by Crippen LogP contribution is 2.25. The fourth-order valence-corrected chi connectivity index (χ4v) is 2.28. The van der Waals surface area contributed by atoms with Crippen LogP contribution in [-0.4, -0.2) is 37.0 Å². The van der Waals surface area contributed by atoms with Crippen LogP contribution in [0.2, 0.25) is 0 Å². The van der Waals surface area contributed by atoms with E-state index in [1.807, 2.05) is 29.6 Å². The van der Waals surface area contributed by atoms with Gasteiger partial charge in [0.1, 0.15) is 0 Å². The third-order valence-corrected chi connectivity index (χ3v) is 3.34. The average Bonchev–Trinajstić information content (AvgIpc) is 2.58. The van der Waals surface area contributed by atoms with Crippen LogP contribution in [0, 0.1) is 0 Å². The van der Waals surface area contributed by atoms with Crippen LogP contribution in [0.3, 0.4) is 0 Å². The minimum Gasteiger partial charge on any atom is -0.452 e. The van der Waals surface area contributed by atoms with Crippen LogP contribution in [0.1, 0.15) is 24.2 Å².